The number of alkyl halides is 1. The molecule has 2 unspecified atom stereocenters. The maximum absolute atomic E-state index is 11.7. The summed E-state index contributed by atoms with van der Waals surface area (Å²) in [4.78, 5) is 22.9. The second-order valence-corrected chi connectivity index (χ2v) is 10.2. The summed E-state index contributed by atoms with van der Waals surface area (Å²) >= 11 is 5.59. The Bertz CT molecular complexity index is 995. The number of nitrogens with two attached hydrogens (primary N) is 1. The van der Waals surface area contributed by atoms with Crippen molar-refractivity contribution in [3.8, 4) is 11.5 Å². The molecule has 0 aliphatic carbocycles. The van der Waals surface area contributed by atoms with E-state index in [1.54, 1.807) is 0 Å². The van der Waals surface area contributed by atoms with Crippen LogP contribution in [0.15, 0.2) is 48.5 Å². The minimum atomic E-state index is -0.533. The van der Waals surface area contributed by atoms with Crippen molar-refractivity contribution in [3.05, 3.63) is 59.7 Å². The van der Waals surface area contributed by atoms with Crippen LogP contribution in [0, 0.1) is 5.92 Å². The molecule has 0 saturated heterocycles. The van der Waals surface area contributed by atoms with E-state index in [4.69, 9.17) is 41.0 Å². The van der Waals surface area contributed by atoms with Crippen LogP contribution in [0.4, 0.5) is 0 Å². The van der Waals surface area contributed by atoms with Gasteiger partial charge in [-0.15, -0.1) is 11.6 Å². The van der Waals surface area contributed by atoms with Crippen LogP contribution in [0.2, 0.25) is 0 Å². The van der Waals surface area contributed by atoms with Crippen molar-refractivity contribution >= 4 is 23.5 Å². The molecule has 2 atom stereocenters. The molecule has 0 aliphatic heterocycles. The van der Waals surface area contributed by atoms with E-state index in [-0.39, 0.29) is 43.6 Å². The molecular weight excluding hydrogens is 522 g/mol. The summed E-state index contributed by atoms with van der Waals surface area (Å²) < 4.78 is 27.8. The summed E-state index contributed by atoms with van der Waals surface area (Å²) in [7, 11) is 0. The van der Waals surface area contributed by atoms with Crippen molar-refractivity contribution in [2.75, 3.05) is 45.5 Å². The van der Waals surface area contributed by atoms with E-state index >= 15 is 0 Å². The summed E-state index contributed by atoms with van der Waals surface area (Å²) in [6.45, 7) is 9.96. The highest BCUT2D eigenvalue weighted by atomic mass is 35.5. The van der Waals surface area contributed by atoms with Crippen LogP contribution in [-0.4, -0.2) is 63.5 Å². The fraction of sp³-hybridized carbons (Fsp3) is 0.533. The van der Waals surface area contributed by atoms with Gasteiger partial charge in [0.2, 0.25) is 0 Å². The third-order valence-electron chi connectivity index (χ3n) is 6.17. The number of esters is 2. The van der Waals surface area contributed by atoms with Crippen LogP contribution in [-0.2, 0) is 29.2 Å². The van der Waals surface area contributed by atoms with Gasteiger partial charge in [0.05, 0.1) is 26.4 Å². The van der Waals surface area contributed by atoms with Crippen molar-refractivity contribution in [2.45, 2.75) is 52.1 Å². The van der Waals surface area contributed by atoms with Gasteiger partial charge in [0.1, 0.15) is 24.0 Å². The molecule has 8 nitrogen and oxygen atoms in total. The molecular formula is C30H42ClNO7. The zero-order valence-corrected chi connectivity index (χ0v) is 24.2. The lowest BCUT2D eigenvalue weighted by Gasteiger charge is -2.27. The maximum Gasteiger partial charge on any atom is 0.321 e. The number of unbranched alkanes of at least 4 members (excludes halogenated alkanes) is 1. The minimum Gasteiger partial charge on any atom is -0.493 e. The van der Waals surface area contributed by atoms with Crippen LogP contribution in [0.5, 0.6) is 11.5 Å². The Labute approximate surface area is 237 Å². The third-order valence-corrected chi connectivity index (χ3v) is 6.39. The Hall–Kier alpha value is -2.81. The lowest BCUT2D eigenvalue weighted by atomic mass is 9.78. The van der Waals surface area contributed by atoms with E-state index < -0.39 is 18.0 Å². The number of benzene rings is 2. The lowest BCUT2D eigenvalue weighted by molar-refractivity contribution is -0.151. The van der Waals surface area contributed by atoms with E-state index in [9.17, 15) is 9.59 Å². The molecule has 9 heteroatoms. The van der Waals surface area contributed by atoms with Crippen LogP contribution >= 0.6 is 11.6 Å². The second-order valence-electron chi connectivity index (χ2n) is 9.96. The molecule has 0 heterocycles. The number of ether oxygens (including phenoxy) is 5. The van der Waals surface area contributed by atoms with Gasteiger partial charge in [-0.25, -0.2) is 0 Å². The Balaban J connectivity index is 1.93. The van der Waals surface area contributed by atoms with Crippen LogP contribution < -0.4 is 15.2 Å². The molecule has 2 N–H and O–H groups in total. The highest BCUT2D eigenvalue weighted by Gasteiger charge is 2.23. The lowest BCUT2D eigenvalue weighted by Crippen LogP contribution is -2.30. The second kappa shape index (κ2) is 17.0. The first kappa shape index (κ1) is 32.4. The number of hydrogen-bond donors (Lipinski definition) is 1. The normalized spacial score (nSPS) is 12.9. The molecule has 216 valence electrons. The fourth-order valence-electron chi connectivity index (χ4n) is 3.67. The van der Waals surface area contributed by atoms with E-state index in [0.717, 1.165) is 29.7 Å². The molecule has 0 bridgehead atoms. The van der Waals surface area contributed by atoms with Gasteiger partial charge in [-0.3, -0.25) is 9.59 Å². The van der Waals surface area contributed by atoms with Crippen LogP contribution in [0.25, 0.3) is 0 Å². The average Bonchev–Trinajstić information content (AvgIpc) is 2.95. The molecule has 0 aromatic heterocycles. The molecule has 0 spiro atoms. The van der Waals surface area contributed by atoms with Gasteiger partial charge < -0.3 is 29.4 Å². The highest BCUT2D eigenvalue weighted by Crippen LogP contribution is 2.33. The Kier molecular flexibility index (Phi) is 14.1. The standard InChI is InChI=1S/C30H42ClNO7/c1-5-6-15-35-20-27(39-28(33)16-31)21-37-26-13-9-24(10-14-26)30(3,4)23-7-11-25(12-8-23)36-18-22(2)19-38-29(34)17-32/h7-14,22,27H,5-6,15-21,32H2,1-4H3. The van der Waals surface area contributed by atoms with Crippen LogP contribution in [0.1, 0.15) is 51.7 Å². The van der Waals surface area contributed by atoms with Crippen molar-refractivity contribution in [3.63, 3.8) is 0 Å². The van der Waals surface area contributed by atoms with Gasteiger partial charge >= 0.3 is 11.9 Å². The predicted octanol–water partition coefficient (Wildman–Crippen LogP) is 4.88. The molecule has 2 aromatic rings. The quantitative estimate of drug-likeness (QED) is 0.155. The van der Waals surface area contributed by atoms with E-state index in [1.807, 2.05) is 55.5 Å². The topological polar surface area (TPSA) is 106 Å². The van der Waals surface area contributed by atoms with Gasteiger partial charge in [0.25, 0.3) is 0 Å². The van der Waals surface area contributed by atoms with Crippen molar-refractivity contribution < 1.29 is 33.3 Å². The van der Waals surface area contributed by atoms with Crippen molar-refractivity contribution in [2.24, 2.45) is 11.7 Å². The summed E-state index contributed by atoms with van der Waals surface area (Å²) in [6.07, 6.45) is 1.43. The van der Waals surface area contributed by atoms with Gasteiger partial charge in [-0.05, 0) is 41.8 Å². The first-order valence-corrected chi connectivity index (χ1v) is 13.9. The molecule has 39 heavy (non-hydrogen) atoms. The minimum absolute atomic E-state index is 0.0496. The Morgan fingerprint density at radius 1 is 0.872 bits per heavy atom. The highest BCUT2D eigenvalue weighted by molar-refractivity contribution is 6.26. The number of rotatable bonds is 18. The molecule has 0 radical (unpaired) electrons. The summed E-state index contributed by atoms with van der Waals surface area (Å²) in [5.41, 5.74) is 7.24. The SMILES string of the molecule is CCCCOCC(COc1ccc(C(C)(C)c2ccc(OCC(C)COC(=O)CN)cc2)cc1)OC(=O)CCl. The van der Waals surface area contributed by atoms with Crippen molar-refractivity contribution in [1.82, 2.24) is 0 Å². The molecule has 0 saturated carbocycles. The Morgan fingerprint density at radius 3 is 1.95 bits per heavy atom. The van der Waals surface area contributed by atoms with Gasteiger partial charge in [-0.2, -0.15) is 0 Å². The third kappa shape index (κ3) is 11.4. The fourth-order valence-corrected chi connectivity index (χ4v) is 3.73. The monoisotopic (exact) mass is 563 g/mol. The largest absolute Gasteiger partial charge is 0.493 e. The average molecular weight is 564 g/mol. The molecule has 0 aliphatic rings. The van der Waals surface area contributed by atoms with Crippen molar-refractivity contribution in [1.29, 1.82) is 0 Å². The van der Waals surface area contributed by atoms with Gasteiger partial charge in [0, 0.05) is 17.9 Å². The number of carbonyl (C=O) groups excluding carboxylic acids is 2. The maximum atomic E-state index is 11.7. The molecule has 2 rings (SSSR count). The number of carbonyl (C=O) groups is 2. The first-order valence-electron chi connectivity index (χ1n) is 13.3. The number of halogens is 1. The summed E-state index contributed by atoms with van der Waals surface area (Å²) in [6, 6.07) is 15.9. The predicted molar refractivity (Wildman–Crippen MR) is 152 cm³/mol. The zero-order valence-electron chi connectivity index (χ0n) is 23.5. The molecule has 0 amide bonds. The first-order chi connectivity index (χ1) is 18.7. The summed E-state index contributed by atoms with van der Waals surface area (Å²) in [5, 5.41) is 0. The van der Waals surface area contributed by atoms with E-state index in [2.05, 4.69) is 20.8 Å². The van der Waals surface area contributed by atoms with Crippen LogP contribution in [0.3, 0.4) is 0 Å². The number of hydrogen-bond acceptors (Lipinski definition) is 8. The molecule has 0 fully saturated rings. The van der Waals surface area contributed by atoms with Gasteiger partial charge in [-0.1, -0.05) is 58.4 Å². The van der Waals surface area contributed by atoms with Gasteiger partial charge in [0.15, 0.2) is 6.10 Å². The van der Waals surface area contributed by atoms with E-state index in [1.165, 1.54) is 0 Å². The van der Waals surface area contributed by atoms with E-state index in [0.29, 0.717) is 19.0 Å². The zero-order chi connectivity index (χ0) is 28.7. The smallest absolute Gasteiger partial charge is 0.321 e. The molecule has 2 aromatic carbocycles. The summed E-state index contributed by atoms with van der Waals surface area (Å²) in [5.74, 6) is 0.336. The Morgan fingerprint density at radius 2 is 1.44 bits per heavy atom.